The van der Waals surface area contributed by atoms with Gasteiger partial charge in [0.15, 0.2) is 4.87 Å². The summed E-state index contributed by atoms with van der Waals surface area (Å²) in [5.74, 6) is 1.12. The van der Waals surface area contributed by atoms with Crippen LogP contribution in [0.4, 0.5) is 16.2 Å². The molecule has 1 spiro atoms. The van der Waals surface area contributed by atoms with Crippen LogP contribution in [0.25, 0.3) is 0 Å². The molecule has 1 N–H and O–H groups in total. The Balaban J connectivity index is 1.57. The summed E-state index contributed by atoms with van der Waals surface area (Å²) in [6.07, 6.45) is 0. The van der Waals surface area contributed by atoms with Gasteiger partial charge < -0.3 is 15.0 Å². The van der Waals surface area contributed by atoms with E-state index in [0.29, 0.717) is 35.3 Å². The zero-order valence-corrected chi connectivity index (χ0v) is 19.5. The molecule has 0 bridgehead atoms. The highest BCUT2D eigenvalue weighted by Gasteiger charge is 2.59. The van der Waals surface area contributed by atoms with Gasteiger partial charge in [0.1, 0.15) is 5.75 Å². The van der Waals surface area contributed by atoms with Crippen LogP contribution in [0.3, 0.4) is 0 Å². The lowest BCUT2D eigenvalue weighted by molar-refractivity contribution is -0.123. The number of carbonyl (C=O) groups excluding carboxylic acids is 2. The van der Waals surface area contributed by atoms with Crippen LogP contribution >= 0.6 is 23.4 Å². The minimum Gasteiger partial charge on any atom is -0.497 e. The predicted molar refractivity (Wildman–Crippen MR) is 132 cm³/mol. The molecule has 0 saturated carbocycles. The highest BCUT2D eigenvalue weighted by atomic mass is 35.5. The number of hydrogen-bond acceptors (Lipinski definition) is 4. The van der Waals surface area contributed by atoms with E-state index in [0.717, 1.165) is 16.8 Å². The van der Waals surface area contributed by atoms with Crippen molar-refractivity contribution in [3.8, 4) is 5.75 Å². The van der Waals surface area contributed by atoms with Gasteiger partial charge in [0.05, 0.1) is 19.3 Å². The Labute approximate surface area is 201 Å². The molecule has 3 amide bonds. The summed E-state index contributed by atoms with van der Waals surface area (Å²) in [5, 5.41) is 3.54. The van der Waals surface area contributed by atoms with E-state index >= 15 is 0 Å². The summed E-state index contributed by atoms with van der Waals surface area (Å²) in [6, 6.07) is 22.0. The average Bonchev–Trinajstić information content (AvgIpc) is 3.38. The van der Waals surface area contributed by atoms with Crippen molar-refractivity contribution in [2.24, 2.45) is 0 Å². The van der Waals surface area contributed by atoms with Crippen molar-refractivity contribution in [3.05, 3.63) is 88.9 Å². The Hall–Kier alpha value is -3.16. The summed E-state index contributed by atoms with van der Waals surface area (Å²) in [4.78, 5) is 29.6. The van der Waals surface area contributed by atoms with Gasteiger partial charge in [-0.15, -0.1) is 11.8 Å². The number of carbonyl (C=O) groups is 2. The lowest BCUT2D eigenvalue weighted by Gasteiger charge is -2.33. The minimum absolute atomic E-state index is 0.156. The standard InChI is InChI=1S/C25H22ClN3O3S/c1-32-19-11-12-22-20(15-19)25(23(30)28(22)16-17-7-5-6-10-21(17)26)29(13-14-33-25)24(31)27-18-8-3-2-4-9-18/h2-12,15H,13-14,16H2,1H3,(H,27,31)/t25-/m1/s1. The second-order valence-electron chi connectivity index (χ2n) is 7.81. The van der Waals surface area contributed by atoms with Gasteiger partial charge in [0.2, 0.25) is 0 Å². The van der Waals surface area contributed by atoms with E-state index in [1.54, 1.807) is 16.9 Å². The highest BCUT2D eigenvalue weighted by Crippen LogP contribution is 2.55. The first-order chi connectivity index (χ1) is 16.0. The van der Waals surface area contributed by atoms with Gasteiger partial charge in [-0.05, 0) is 42.0 Å². The summed E-state index contributed by atoms with van der Waals surface area (Å²) >= 11 is 7.88. The Kier molecular flexibility index (Phi) is 5.68. The van der Waals surface area contributed by atoms with Crippen LogP contribution in [0, 0.1) is 0 Å². The van der Waals surface area contributed by atoms with Gasteiger partial charge in [-0.25, -0.2) is 4.79 Å². The van der Waals surface area contributed by atoms with Crippen LogP contribution in [-0.2, 0) is 16.2 Å². The van der Waals surface area contributed by atoms with E-state index in [4.69, 9.17) is 16.3 Å². The number of methoxy groups -OCH3 is 1. The third kappa shape index (κ3) is 3.61. The molecule has 6 nitrogen and oxygen atoms in total. The smallest absolute Gasteiger partial charge is 0.323 e. The molecule has 3 aromatic carbocycles. The first-order valence-corrected chi connectivity index (χ1v) is 11.9. The van der Waals surface area contributed by atoms with E-state index in [1.807, 2.05) is 72.8 Å². The molecular formula is C25H22ClN3O3S. The monoisotopic (exact) mass is 479 g/mol. The number of nitrogens with zero attached hydrogens (tertiary/aromatic N) is 2. The Morgan fingerprint density at radius 3 is 2.64 bits per heavy atom. The second kappa shape index (κ2) is 8.65. The maximum atomic E-state index is 14.1. The normalized spacial score (nSPS) is 19.2. The fourth-order valence-electron chi connectivity index (χ4n) is 4.39. The number of amides is 3. The zero-order valence-electron chi connectivity index (χ0n) is 18.0. The quantitative estimate of drug-likeness (QED) is 0.549. The van der Waals surface area contributed by atoms with Crippen LogP contribution in [0.15, 0.2) is 72.8 Å². The number of benzene rings is 3. The lowest BCUT2D eigenvalue weighted by Crippen LogP contribution is -2.51. The number of ether oxygens (including phenoxy) is 1. The number of rotatable bonds is 4. The third-order valence-corrected chi connectivity index (χ3v) is 7.75. The van der Waals surface area contributed by atoms with Gasteiger partial charge in [0, 0.05) is 28.6 Å². The van der Waals surface area contributed by atoms with E-state index in [1.165, 1.54) is 11.8 Å². The average molecular weight is 480 g/mol. The second-order valence-corrected chi connectivity index (χ2v) is 9.50. The topological polar surface area (TPSA) is 61.9 Å². The van der Waals surface area contributed by atoms with Crippen LogP contribution in [0.2, 0.25) is 5.02 Å². The summed E-state index contributed by atoms with van der Waals surface area (Å²) in [6.45, 7) is 0.764. The maximum absolute atomic E-state index is 14.1. The maximum Gasteiger partial charge on any atom is 0.323 e. The van der Waals surface area contributed by atoms with Crippen molar-refractivity contribution in [1.82, 2.24) is 4.90 Å². The number of thioether (sulfide) groups is 1. The fourth-order valence-corrected chi connectivity index (χ4v) is 6.04. The van der Waals surface area contributed by atoms with Crippen molar-refractivity contribution in [2.75, 3.05) is 29.6 Å². The zero-order chi connectivity index (χ0) is 23.0. The number of halogens is 1. The van der Waals surface area contributed by atoms with Crippen LogP contribution in [-0.4, -0.2) is 36.2 Å². The molecule has 1 saturated heterocycles. The SMILES string of the molecule is COc1ccc2c(c1)[C@@]1(SCCN1C(=O)Nc1ccccc1)C(=O)N2Cc1ccccc1Cl. The molecule has 8 heteroatoms. The lowest BCUT2D eigenvalue weighted by atomic mass is 10.1. The first-order valence-electron chi connectivity index (χ1n) is 10.6. The van der Waals surface area contributed by atoms with Crippen molar-refractivity contribution >= 4 is 46.7 Å². The molecular weight excluding hydrogens is 458 g/mol. The van der Waals surface area contributed by atoms with Crippen LogP contribution in [0.1, 0.15) is 11.1 Å². The fraction of sp³-hybridized carbons (Fsp3) is 0.200. The minimum atomic E-state index is -1.16. The van der Waals surface area contributed by atoms with Crippen molar-refractivity contribution < 1.29 is 14.3 Å². The van der Waals surface area contributed by atoms with E-state index in [9.17, 15) is 9.59 Å². The van der Waals surface area contributed by atoms with Gasteiger partial charge in [-0.2, -0.15) is 0 Å². The predicted octanol–water partition coefficient (Wildman–Crippen LogP) is 5.33. The molecule has 0 radical (unpaired) electrons. The molecule has 0 unspecified atom stereocenters. The Morgan fingerprint density at radius 1 is 1.12 bits per heavy atom. The summed E-state index contributed by atoms with van der Waals surface area (Å²) in [7, 11) is 1.59. The number of anilines is 2. The van der Waals surface area contributed by atoms with E-state index in [2.05, 4.69) is 5.32 Å². The molecule has 33 heavy (non-hydrogen) atoms. The molecule has 0 aromatic heterocycles. The van der Waals surface area contributed by atoms with E-state index in [-0.39, 0.29) is 11.9 Å². The largest absolute Gasteiger partial charge is 0.497 e. The molecule has 1 atom stereocenters. The molecule has 2 heterocycles. The summed E-state index contributed by atoms with van der Waals surface area (Å²) in [5.41, 5.74) is 3.03. The van der Waals surface area contributed by atoms with Crippen molar-refractivity contribution in [2.45, 2.75) is 11.4 Å². The molecule has 2 aliphatic rings. The van der Waals surface area contributed by atoms with Gasteiger partial charge in [-0.3, -0.25) is 9.69 Å². The van der Waals surface area contributed by atoms with Crippen LogP contribution in [0.5, 0.6) is 5.75 Å². The molecule has 1 fully saturated rings. The third-order valence-electron chi connectivity index (χ3n) is 5.96. The highest BCUT2D eigenvalue weighted by molar-refractivity contribution is 8.01. The van der Waals surface area contributed by atoms with Crippen LogP contribution < -0.4 is 15.0 Å². The van der Waals surface area contributed by atoms with Gasteiger partial charge >= 0.3 is 6.03 Å². The Bertz CT molecular complexity index is 1220. The number of nitrogens with one attached hydrogen (secondary N) is 1. The molecule has 2 aliphatic heterocycles. The first kappa shape index (κ1) is 21.7. The van der Waals surface area contributed by atoms with Crippen molar-refractivity contribution in [3.63, 3.8) is 0 Å². The van der Waals surface area contributed by atoms with E-state index < -0.39 is 4.87 Å². The number of para-hydroxylation sites is 1. The Morgan fingerprint density at radius 2 is 1.88 bits per heavy atom. The van der Waals surface area contributed by atoms with Gasteiger partial charge in [-0.1, -0.05) is 48.0 Å². The number of fused-ring (bicyclic) bond motifs is 2. The molecule has 168 valence electrons. The van der Waals surface area contributed by atoms with Crippen molar-refractivity contribution in [1.29, 1.82) is 0 Å². The van der Waals surface area contributed by atoms with Gasteiger partial charge in [0.25, 0.3) is 5.91 Å². The summed E-state index contributed by atoms with van der Waals surface area (Å²) < 4.78 is 5.46. The number of hydrogen-bond donors (Lipinski definition) is 1. The molecule has 0 aliphatic carbocycles. The number of urea groups is 1. The molecule has 3 aromatic rings. The molecule has 5 rings (SSSR count).